The first kappa shape index (κ1) is 24.7. The fraction of sp³-hybridized carbons (Fsp3) is 0.320. The van der Waals surface area contributed by atoms with Crippen LogP contribution in [0.15, 0.2) is 54.6 Å². The Morgan fingerprint density at radius 3 is 2.38 bits per heavy atom. The summed E-state index contributed by atoms with van der Waals surface area (Å²) in [7, 11) is 0. The molecule has 0 heterocycles. The van der Waals surface area contributed by atoms with Crippen LogP contribution in [-0.4, -0.2) is 30.1 Å². The van der Waals surface area contributed by atoms with Gasteiger partial charge in [0.15, 0.2) is 0 Å². The summed E-state index contributed by atoms with van der Waals surface area (Å²) >= 11 is 0. The van der Waals surface area contributed by atoms with E-state index in [1.165, 1.54) is 6.08 Å². The Morgan fingerprint density at radius 2 is 1.72 bits per heavy atom. The number of carbonyl (C=O) groups is 3. The summed E-state index contributed by atoms with van der Waals surface area (Å²) in [4.78, 5) is 35.6. The molecule has 0 atom stereocenters. The average Bonchev–Trinajstić information content (AvgIpc) is 2.70. The molecule has 2 aromatic rings. The smallest absolute Gasteiger partial charge is 0.407 e. The van der Waals surface area contributed by atoms with Gasteiger partial charge in [0.1, 0.15) is 5.60 Å². The fourth-order valence-electron chi connectivity index (χ4n) is 2.72. The summed E-state index contributed by atoms with van der Waals surface area (Å²) in [5, 5.41) is 8.15. The van der Waals surface area contributed by atoms with Crippen molar-refractivity contribution in [3.63, 3.8) is 0 Å². The molecule has 3 amide bonds. The second-order valence-corrected chi connectivity index (χ2v) is 8.39. The number of carbonyl (C=O) groups excluding carboxylic acids is 3. The quantitative estimate of drug-likeness (QED) is 0.540. The number of aryl methyl sites for hydroxylation is 1. The average molecular weight is 438 g/mol. The molecule has 0 unspecified atom stereocenters. The van der Waals surface area contributed by atoms with Crippen LogP contribution in [0.3, 0.4) is 0 Å². The van der Waals surface area contributed by atoms with Crippen LogP contribution in [-0.2, 0) is 20.9 Å². The van der Waals surface area contributed by atoms with Crippen molar-refractivity contribution in [3.8, 4) is 0 Å². The molecule has 0 aromatic heterocycles. The van der Waals surface area contributed by atoms with Gasteiger partial charge in [-0.15, -0.1) is 0 Å². The fourth-order valence-corrected chi connectivity index (χ4v) is 2.72. The summed E-state index contributed by atoms with van der Waals surface area (Å²) < 4.78 is 5.12. The maximum atomic E-state index is 12.0. The van der Waals surface area contributed by atoms with Crippen LogP contribution in [0.4, 0.5) is 10.5 Å². The van der Waals surface area contributed by atoms with Crippen molar-refractivity contribution >= 4 is 29.7 Å². The Bertz CT molecular complexity index is 960. The summed E-state index contributed by atoms with van der Waals surface area (Å²) in [5.74, 6) is -0.398. The molecule has 0 aliphatic heterocycles. The Kier molecular flexibility index (Phi) is 9.01. The maximum absolute atomic E-state index is 12.0. The zero-order chi connectivity index (χ0) is 23.6. The molecule has 170 valence electrons. The van der Waals surface area contributed by atoms with E-state index < -0.39 is 11.7 Å². The Morgan fingerprint density at radius 1 is 1.00 bits per heavy atom. The number of rotatable bonds is 8. The molecule has 3 N–H and O–H groups in total. The molecule has 0 fully saturated rings. The monoisotopic (exact) mass is 437 g/mol. The van der Waals surface area contributed by atoms with Crippen molar-refractivity contribution in [2.45, 2.75) is 46.3 Å². The Labute approximate surface area is 189 Å². The zero-order valence-corrected chi connectivity index (χ0v) is 19.0. The standard InChI is InChI=1S/C25H31N3O4/c1-18-6-5-7-19(16-18)10-13-22(29)27-17-20-8-11-21(12-9-20)28-23(30)14-15-26-24(31)32-25(2,3)4/h5-13,16H,14-15,17H2,1-4H3,(H,26,31)(H,27,29)(H,28,30)/b13-10+. The van der Waals surface area contributed by atoms with E-state index in [1.54, 1.807) is 39.0 Å². The Hall–Kier alpha value is -3.61. The van der Waals surface area contributed by atoms with Crippen molar-refractivity contribution in [2.24, 2.45) is 0 Å². The number of hydrogen-bond acceptors (Lipinski definition) is 4. The molecule has 0 aliphatic carbocycles. The minimum atomic E-state index is -0.579. The van der Waals surface area contributed by atoms with Crippen molar-refractivity contribution in [1.82, 2.24) is 10.6 Å². The lowest BCUT2D eigenvalue weighted by atomic mass is 10.1. The van der Waals surface area contributed by atoms with Crippen LogP contribution in [0.5, 0.6) is 0 Å². The van der Waals surface area contributed by atoms with Crippen LogP contribution >= 0.6 is 0 Å². The van der Waals surface area contributed by atoms with Crippen LogP contribution in [0.2, 0.25) is 0 Å². The van der Waals surface area contributed by atoms with Gasteiger partial charge in [-0.25, -0.2) is 4.79 Å². The molecule has 2 rings (SSSR count). The topological polar surface area (TPSA) is 96.5 Å². The van der Waals surface area contributed by atoms with E-state index in [-0.39, 0.29) is 24.8 Å². The van der Waals surface area contributed by atoms with Crippen molar-refractivity contribution in [3.05, 3.63) is 71.3 Å². The molecule has 32 heavy (non-hydrogen) atoms. The van der Waals surface area contributed by atoms with Crippen molar-refractivity contribution < 1.29 is 19.1 Å². The molecule has 0 spiro atoms. The molecule has 2 aromatic carbocycles. The molecule has 0 saturated carbocycles. The predicted octanol–water partition coefficient (Wildman–Crippen LogP) is 4.18. The molecule has 7 heteroatoms. The first-order valence-corrected chi connectivity index (χ1v) is 10.5. The van der Waals surface area contributed by atoms with Gasteiger partial charge in [-0.3, -0.25) is 9.59 Å². The van der Waals surface area contributed by atoms with Gasteiger partial charge < -0.3 is 20.7 Å². The highest BCUT2D eigenvalue weighted by atomic mass is 16.6. The van der Waals surface area contributed by atoms with Crippen molar-refractivity contribution in [1.29, 1.82) is 0 Å². The molecule has 0 bridgehead atoms. The van der Waals surface area contributed by atoms with Crippen LogP contribution in [0, 0.1) is 6.92 Å². The number of benzene rings is 2. The highest BCUT2D eigenvalue weighted by Crippen LogP contribution is 2.10. The predicted molar refractivity (Wildman–Crippen MR) is 126 cm³/mol. The number of amides is 3. The van der Waals surface area contributed by atoms with Gasteiger partial charge in [0.25, 0.3) is 0 Å². The molecular formula is C25H31N3O4. The van der Waals surface area contributed by atoms with E-state index in [4.69, 9.17) is 4.74 Å². The van der Waals surface area contributed by atoms with E-state index in [0.717, 1.165) is 16.7 Å². The number of nitrogens with one attached hydrogen (secondary N) is 3. The van der Waals surface area contributed by atoms with Crippen LogP contribution < -0.4 is 16.0 Å². The summed E-state index contributed by atoms with van der Waals surface area (Å²) in [6, 6.07) is 15.1. The van der Waals surface area contributed by atoms with Gasteiger partial charge in [0.05, 0.1) is 0 Å². The first-order valence-electron chi connectivity index (χ1n) is 10.5. The van der Waals surface area contributed by atoms with Gasteiger partial charge >= 0.3 is 6.09 Å². The lowest BCUT2D eigenvalue weighted by Gasteiger charge is -2.19. The SMILES string of the molecule is Cc1cccc(/C=C/C(=O)NCc2ccc(NC(=O)CCNC(=O)OC(C)(C)C)cc2)c1. The number of hydrogen-bond donors (Lipinski definition) is 3. The summed E-state index contributed by atoms with van der Waals surface area (Å²) in [5.41, 5.74) is 3.08. The minimum absolute atomic E-state index is 0.129. The highest BCUT2D eigenvalue weighted by Gasteiger charge is 2.15. The zero-order valence-electron chi connectivity index (χ0n) is 19.0. The number of anilines is 1. The van der Waals surface area contributed by atoms with Gasteiger partial charge in [-0.2, -0.15) is 0 Å². The third-order valence-electron chi connectivity index (χ3n) is 4.19. The second-order valence-electron chi connectivity index (χ2n) is 8.39. The van der Waals surface area contributed by atoms with E-state index in [2.05, 4.69) is 16.0 Å². The highest BCUT2D eigenvalue weighted by molar-refractivity contribution is 5.92. The van der Waals surface area contributed by atoms with Gasteiger partial charge in [0.2, 0.25) is 11.8 Å². The first-order chi connectivity index (χ1) is 15.1. The minimum Gasteiger partial charge on any atom is -0.444 e. The lowest BCUT2D eigenvalue weighted by Crippen LogP contribution is -2.34. The van der Waals surface area contributed by atoms with E-state index in [1.807, 2.05) is 43.3 Å². The number of ether oxygens (including phenoxy) is 1. The van der Waals surface area contributed by atoms with Crippen LogP contribution in [0.1, 0.15) is 43.9 Å². The molecule has 7 nitrogen and oxygen atoms in total. The van der Waals surface area contributed by atoms with E-state index >= 15 is 0 Å². The molecule has 0 saturated heterocycles. The second kappa shape index (κ2) is 11.7. The van der Waals surface area contributed by atoms with Crippen LogP contribution in [0.25, 0.3) is 6.08 Å². The normalized spacial score (nSPS) is 11.1. The third kappa shape index (κ3) is 9.93. The maximum Gasteiger partial charge on any atom is 0.407 e. The van der Waals surface area contributed by atoms with E-state index in [9.17, 15) is 14.4 Å². The van der Waals surface area contributed by atoms with Gasteiger partial charge in [-0.1, -0.05) is 42.0 Å². The van der Waals surface area contributed by atoms with Gasteiger partial charge in [0, 0.05) is 31.3 Å². The third-order valence-corrected chi connectivity index (χ3v) is 4.19. The number of alkyl carbamates (subject to hydrolysis) is 1. The molecule has 0 radical (unpaired) electrons. The summed E-state index contributed by atoms with van der Waals surface area (Å²) in [6.45, 7) is 7.89. The van der Waals surface area contributed by atoms with E-state index in [0.29, 0.717) is 12.2 Å². The molecule has 0 aliphatic rings. The lowest BCUT2D eigenvalue weighted by molar-refractivity contribution is -0.117. The molecular weight excluding hydrogens is 406 g/mol. The summed E-state index contributed by atoms with van der Waals surface area (Å²) in [6.07, 6.45) is 2.86. The van der Waals surface area contributed by atoms with Gasteiger partial charge in [-0.05, 0) is 57.0 Å². The van der Waals surface area contributed by atoms with Crippen molar-refractivity contribution in [2.75, 3.05) is 11.9 Å². The Balaban J connectivity index is 1.71. The largest absolute Gasteiger partial charge is 0.444 e.